The summed E-state index contributed by atoms with van der Waals surface area (Å²) in [7, 11) is 1.54. The van der Waals surface area contributed by atoms with Crippen molar-refractivity contribution in [3.05, 3.63) is 53.3 Å². The van der Waals surface area contributed by atoms with E-state index in [1.165, 1.54) is 19.2 Å². The number of carbonyl (C=O) groups excluding carboxylic acids is 1. The highest BCUT2D eigenvalue weighted by Gasteiger charge is 2.19. The molecule has 134 valence electrons. The minimum Gasteiger partial charge on any atom is -0.497 e. The van der Waals surface area contributed by atoms with Crippen molar-refractivity contribution in [1.29, 1.82) is 5.26 Å². The van der Waals surface area contributed by atoms with E-state index < -0.39 is 11.7 Å². The predicted octanol–water partition coefficient (Wildman–Crippen LogP) is 2.79. The molecule has 0 saturated carbocycles. The van der Waals surface area contributed by atoms with Gasteiger partial charge in [0.05, 0.1) is 48.9 Å². The highest BCUT2D eigenvalue weighted by Crippen LogP contribution is 2.31. The Hall–Kier alpha value is -3.11. The summed E-state index contributed by atoms with van der Waals surface area (Å²) in [5, 5.41) is 11.6. The Balaban J connectivity index is 1.90. The fraction of sp³-hybridized carbons (Fsp3) is 0.263. The van der Waals surface area contributed by atoms with Crippen molar-refractivity contribution >= 4 is 17.3 Å². The fourth-order valence-corrected chi connectivity index (χ4v) is 2.78. The second-order valence-corrected chi connectivity index (χ2v) is 5.74. The standard InChI is InChI=1S/C19H18FN3O3/c1-25-14-3-5-18(23-6-8-26-9-7-23)17(11-14)22-19(24)15-4-2-13(12-21)10-16(15)20/h2-5,10-11H,6-9H2,1H3,(H,22,24). The van der Waals surface area contributed by atoms with Crippen molar-refractivity contribution < 1.29 is 18.7 Å². The molecular weight excluding hydrogens is 337 g/mol. The van der Waals surface area contributed by atoms with Crippen LogP contribution in [-0.4, -0.2) is 39.3 Å². The maximum atomic E-state index is 14.1. The minimum absolute atomic E-state index is 0.125. The van der Waals surface area contributed by atoms with Gasteiger partial charge in [-0.25, -0.2) is 4.39 Å². The van der Waals surface area contributed by atoms with Crippen LogP contribution in [-0.2, 0) is 4.74 Å². The van der Waals surface area contributed by atoms with Crippen LogP contribution in [0.25, 0.3) is 0 Å². The summed E-state index contributed by atoms with van der Waals surface area (Å²) in [6.07, 6.45) is 0. The molecule has 0 unspecified atom stereocenters. The van der Waals surface area contributed by atoms with Crippen LogP contribution in [0.15, 0.2) is 36.4 Å². The van der Waals surface area contributed by atoms with Gasteiger partial charge in [-0.2, -0.15) is 5.26 Å². The van der Waals surface area contributed by atoms with Gasteiger partial charge in [0, 0.05) is 19.2 Å². The lowest BCUT2D eigenvalue weighted by atomic mass is 10.1. The molecule has 0 aliphatic carbocycles. The molecule has 7 heteroatoms. The molecule has 2 aromatic carbocycles. The molecule has 1 aliphatic rings. The van der Waals surface area contributed by atoms with E-state index in [1.54, 1.807) is 6.07 Å². The number of morpholine rings is 1. The van der Waals surface area contributed by atoms with E-state index in [0.29, 0.717) is 37.7 Å². The Morgan fingerprint density at radius 1 is 1.27 bits per heavy atom. The van der Waals surface area contributed by atoms with Crippen molar-refractivity contribution in [3.63, 3.8) is 0 Å². The molecule has 1 amide bonds. The van der Waals surface area contributed by atoms with E-state index in [0.717, 1.165) is 11.8 Å². The second kappa shape index (κ2) is 7.85. The first-order valence-corrected chi connectivity index (χ1v) is 8.14. The third kappa shape index (κ3) is 3.76. The Labute approximate surface area is 150 Å². The number of methoxy groups -OCH3 is 1. The third-order valence-corrected chi connectivity index (χ3v) is 4.15. The van der Waals surface area contributed by atoms with Crippen LogP contribution in [0.5, 0.6) is 5.75 Å². The average molecular weight is 355 g/mol. The molecule has 0 radical (unpaired) electrons. The third-order valence-electron chi connectivity index (χ3n) is 4.15. The Kier molecular flexibility index (Phi) is 5.34. The van der Waals surface area contributed by atoms with Crippen LogP contribution >= 0.6 is 0 Å². The number of carbonyl (C=O) groups is 1. The molecule has 0 atom stereocenters. The van der Waals surface area contributed by atoms with Crippen molar-refractivity contribution in [2.24, 2.45) is 0 Å². The van der Waals surface area contributed by atoms with E-state index >= 15 is 0 Å². The molecule has 26 heavy (non-hydrogen) atoms. The fourth-order valence-electron chi connectivity index (χ4n) is 2.78. The van der Waals surface area contributed by atoms with Gasteiger partial charge in [0.15, 0.2) is 0 Å². The van der Waals surface area contributed by atoms with Crippen molar-refractivity contribution in [3.8, 4) is 11.8 Å². The molecule has 1 heterocycles. The number of ether oxygens (including phenoxy) is 2. The Morgan fingerprint density at radius 2 is 2.04 bits per heavy atom. The van der Waals surface area contributed by atoms with E-state index in [4.69, 9.17) is 14.7 Å². The summed E-state index contributed by atoms with van der Waals surface area (Å²) in [5.74, 6) is -0.746. The van der Waals surface area contributed by atoms with Crippen molar-refractivity contribution in [2.45, 2.75) is 0 Å². The molecule has 3 rings (SSSR count). The summed E-state index contributed by atoms with van der Waals surface area (Å²) >= 11 is 0. The van der Waals surface area contributed by atoms with E-state index in [1.807, 2.05) is 18.2 Å². The Morgan fingerprint density at radius 3 is 2.69 bits per heavy atom. The number of nitrogens with zero attached hydrogens (tertiary/aromatic N) is 2. The van der Waals surface area contributed by atoms with Crippen LogP contribution in [0.2, 0.25) is 0 Å². The molecule has 1 fully saturated rings. The molecule has 0 bridgehead atoms. The first-order chi connectivity index (χ1) is 12.6. The van der Waals surface area contributed by atoms with Gasteiger partial charge < -0.3 is 19.7 Å². The number of nitriles is 1. The van der Waals surface area contributed by atoms with Gasteiger partial charge in [-0.05, 0) is 30.3 Å². The summed E-state index contributed by atoms with van der Waals surface area (Å²) < 4.78 is 24.7. The lowest BCUT2D eigenvalue weighted by Crippen LogP contribution is -2.36. The molecule has 1 N–H and O–H groups in total. The Bertz CT molecular complexity index is 858. The summed E-state index contributed by atoms with van der Waals surface area (Å²) in [4.78, 5) is 14.6. The van der Waals surface area contributed by atoms with Crippen molar-refractivity contribution in [1.82, 2.24) is 0 Å². The normalized spacial score (nSPS) is 13.8. The first-order valence-electron chi connectivity index (χ1n) is 8.14. The number of hydrogen-bond donors (Lipinski definition) is 1. The van der Waals surface area contributed by atoms with E-state index in [9.17, 15) is 9.18 Å². The quantitative estimate of drug-likeness (QED) is 0.913. The monoisotopic (exact) mass is 355 g/mol. The largest absolute Gasteiger partial charge is 0.497 e. The maximum absolute atomic E-state index is 14.1. The number of amides is 1. The molecule has 6 nitrogen and oxygen atoms in total. The molecule has 0 aromatic heterocycles. The van der Waals surface area contributed by atoms with Gasteiger partial charge in [0.25, 0.3) is 5.91 Å². The number of hydrogen-bond acceptors (Lipinski definition) is 5. The smallest absolute Gasteiger partial charge is 0.258 e. The zero-order chi connectivity index (χ0) is 18.5. The van der Waals surface area contributed by atoms with Gasteiger partial charge in [0.2, 0.25) is 0 Å². The predicted molar refractivity (Wildman–Crippen MR) is 95.1 cm³/mol. The number of nitrogens with one attached hydrogen (secondary N) is 1. The van der Waals surface area contributed by atoms with Crippen LogP contribution in [0.3, 0.4) is 0 Å². The van der Waals surface area contributed by atoms with Crippen LogP contribution < -0.4 is 15.0 Å². The number of halogens is 1. The average Bonchev–Trinajstić information content (AvgIpc) is 2.68. The molecular formula is C19H18FN3O3. The highest BCUT2D eigenvalue weighted by molar-refractivity contribution is 6.06. The van der Waals surface area contributed by atoms with Crippen LogP contribution in [0, 0.1) is 17.1 Å². The van der Waals surface area contributed by atoms with Gasteiger partial charge in [-0.3, -0.25) is 4.79 Å². The van der Waals surface area contributed by atoms with Gasteiger partial charge in [-0.1, -0.05) is 0 Å². The van der Waals surface area contributed by atoms with Gasteiger partial charge in [-0.15, -0.1) is 0 Å². The van der Waals surface area contributed by atoms with E-state index in [-0.39, 0.29) is 11.1 Å². The lowest BCUT2D eigenvalue weighted by Gasteiger charge is -2.30. The van der Waals surface area contributed by atoms with Crippen molar-refractivity contribution in [2.75, 3.05) is 43.6 Å². The first kappa shape index (κ1) is 17.7. The SMILES string of the molecule is COc1ccc(N2CCOCC2)c(NC(=O)c2ccc(C#N)cc2F)c1. The number of anilines is 2. The summed E-state index contributed by atoms with van der Waals surface area (Å²) in [6, 6.07) is 11.0. The summed E-state index contributed by atoms with van der Waals surface area (Å²) in [6.45, 7) is 2.59. The molecule has 1 saturated heterocycles. The maximum Gasteiger partial charge on any atom is 0.258 e. The van der Waals surface area contributed by atoms with Crippen LogP contribution in [0.4, 0.5) is 15.8 Å². The molecule has 2 aromatic rings. The zero-order valence-corrected chi connectivity index (χ0v) is 14.3. The van der Waals surface area contributed by atoms with E-state index in [2.05, 4.69) is 10.2 Å². The molecule has 1 aliphatic heterocycles. The highest BCUT2D eigenvalue weighted by atomic mass is 19.1. The molecule has 0 spiro atoms. The van der Waals surface area contributed by atoms with Gasteiger partial charge >= 0.3 is 0 Å². The lowest BCUT2D eigenvalue weighted by molar-refractivity contribution is 0.102. The summed E-state index contributed by atoms with van der Waals surface area (Å²) in [5.41, 5.74) is 1.38. The number of rotatable bonds is 4. The number of benzene rings is 2. The van der Waals surface area contributed by atoms with Crippen LogP contribution in [0.1, 0.15) is 15.9 Å². The van der Waals surface area contributed by atoms with Gasteiger partial charge in [0.1, 0.15) is 11.6 Å². The topological polar surface area (TPSA) is 74.6 Å². The minimum atomic E-state index is -0.739. The zero-order valence-electron chi connectivity index (χ0n) is 14.3. The second-order valence-electron chi connectivity index (χ2n) is 5.74.